The van der Waals surface area contributed by atoms with E-state index in [0.717, 1.165) is 69.2 Å². The normalized spacial score (nSPS) is 18.7. The Bertz CT molecular complexity index is 879. The number of hydrogen-bond acceptors (Lipinski definition) is 6. The number of rotatable bonds is 5. The van der Waals surface area contributed by atoms with Gasteiger partial charge in [0, 0.05) is 75.4 Å². The van der Waals surface area contributed by atoms with E-state index in [4.69, 9.17) is 9.97 Å². The number of fused-ring (bicyclic) bond motifs is 1. The predicted molar refractivity (Wildman–Crippen MR) is 117 cm³/mol. The van der Waals surface area contributed by atoms with Crippen LogP contribution in [0.3, 0.4) is 0 Å². The van der Waals surface area contributed by atoms with E-state index in [0.29, 0.717) is 5.92 Å². The summed E-state index contributed by atoms with van der Waals surface area (Å²) in [6.45, 7) is 7.31. The summed E-state index contributed by atoms with van der Waals surface area (Å²) in [4.78, 5) is 30.4. The van der Waals surface area contributed by atoms with Crippen LogP contribution in [0.5, 0.6) is 0 Å². The molecule has 0 spiro atoms. The maximum absolute atomic E-state index is 11.7. The number of nitrogens with zero attached hydrogens (tertiary/aromatic N) is 5. The van der Waals surface area contributed by atoms with Crippen LogP contribution in [0, 0.1) is 0 Å². The lowest BCUT2D eigenvalue weighted by Gasteiger charge is -2.32. The molecule has 0 aromatic carbocycles. The number of likely N-dealkylation sites (tertiary alicyclic amines) is 1. The minimum Gasteiger partial charge on any atom is -0.367 e. The maximum atomic E-state index is 11.7. The number of nitrogens with one attached hydrogen (secondary N) is 1. The lowest BCUT2D eigenvalue weighted by Crippen LogP contribution is -2.37. The van der Waals surface area contributed by atoms with E-state index in [9.17, 15) is 4.79 Å². The highest BCUT2D eigenvalue weighted by atomic mass is 16.2. The highest BCUT2D eigenvalue weighted by Crippen LogP contribution is 2.30. The minimum absolute atomic E-state index is 0.161. The average Bonchev–Trinajstić information content (AvgIpc) is 2.74. The highest BCUT2D eigenvalue weighted by Gasteiger charge is 2.27. The zero-order valence-electron chi connectivity index (χ0n) is 18.3. The van der Waals surface area contributed by atoms with Crippen LogP contribution < -0.4 is 5.32 Å². The number of carbonyl (C=O) groups is 1. The molecular weight excluding hydrogens is 376 g/mol. The third kappa shape index (κ3) is 4.78. The molecule has 0 saturated carbocycles. The van der Waals surface area contributed by atoms with Gasteiger partial charge >= 0.3 is 0 Å². The van der Waals surface area contributed by atoms with E-state index in [2.05, 4.69) is 35.2 Å². The first-order valence-corrected chi connectivity index (χ1v) is 11.0. The van der Waals surface area contributed by atoms with Gasteiger partial charge in [-0.25, -0.2) is 9.97 Å². The van der Waals surface area contributed by atoms with Gasteiger partial charge < -0.3 is 15.1 Å². The van der Waals surface area contributed by atoms with Gasteiger partial charge in [0.2, 0.25) is 5.91 Å². The molecular formula is C23H32N6O. The Hall–Kier alpha value is -2.54. The largest absolute Gasteiger partial charge is 0.367 e. The van der Waals surface area contributed by atoms with Gasteiger partial charge in [0.1, 0.15) is 11.6 Å². The van der Waals surface area contributed by atoms with E-state index in [1.54, 1.807) is 6.92 Å². The van der Waals surface area contributed by atoms with Crippen molar-refractivity contribution in [2.75, 3.05) is 32.0 Å². The fourth-order valence-electron chi connectivity index (χ4n) is 4.44. The molecule has 1 atom stereocenters. The summed E-state index contributed by atoms with van der Waals surface area (Å²) in [7, 11) is 2.15. The first-order chi connectivity index (χ1) is 14.5. The molecule has 1 amide bonds. The van der Waals surface area contributed by atoms with E-state index in [1.165, 1.54) is 11.3 Å². The van der Waals surface area contributed by atoms with Crippen molar-refractivity contribution in [3.8, 4) is 0 Å². The van der Waals surface area contributed by atoms with E-state index in [1.807, 2.05) is 23.2 Å². The Kier molecular flexibility index (Phi) is 6.27. The lowest BCUT2D eigenvalue weighted by atomic mass is 9.95. The molecule has 0 bridgehead atoms. The van der Waals surface area contributed by atoms with Crippen LogP contribution in [0.2, 0.25) is 0 Å². The molecule has 0 aliphatic carbocycles. The Morgan fingerprint density at radius 2 is 2.03 bits per heavy atom. The fraction of sp³-hybridized carbons (Fsp3) is 0.565. The molecule has 2 aliphatic heterocycles. The van der Waals surface area contributed by atoms with Gasteiger partial charge in [0.25, 0.3) is 0 Å². The Labute approximate surface area is 178 Å². The molecule has 30 heavy (non-hydrogen) atoms. The van der Waals surface area contributed by atoms with E-state index < -0.39 is 0 Å². The summed E-state index contributed by atoms with van der Waals surface area (Å²) >= 11 is 0. The van der Waals surface area contributed by atoms with Crippen molar-refractivity contribution in [2.24, 2.45) is 0 Å². The predicted octanol–water partition coefficient (Wildman–Crippen LogP) is 2.63. The summed E-state index contributed by atoms with van der Waals surface area (Å²) in [6, 6.07) is 6.26. The van der Waals surface area contributed by atoms with Crippen LogP contribution in [0.15, 0.2) is 24.4 Å². The number of carbonyl (C=O) groups excluding carboxylic acids is 1. The van der Waals surface area contributed by atoms with Gasteiger partial charge in [-0.2, -0.15) is 0 Å². The maximum Gasteiger partial charge on any atom is 0.219 e. The van der Waals surface area contributed by atoms with Crippen molar-refractivity contribution in [3.05, 3.63) is 47.2 Å². The van der Waals surface area contributed by atoms with Gasteiger partial charge in [-0.1, -0.05) is 6.07 Å². The first kappa shape index (κ1) is 20.7. The van der Waals surface area contributed by atoms with Gasteiger partial charge in [-0.3, -0.25) is 9.78 Å². The minimum atomic E-state index is 0.161. The number of likely N-dealkylation sites (N-methyl/N-ethyl adjacent to an activating group) is 1. The first-order valence-electron chi connectivity index (χ1n) is 11.0. The molecule has 1 saturated heterocycles. The zero-order chi connectivity index (χ0) is 21.1. The molecule has 2 aromatic rings. The number of pyridine rings is 1. The highest BCUT2D eigenvalue weighted by molar-refractivity contribution is 5.73. The molecule has 4 heterocycles. The molecule has 160 valence electrons. The summed E-state index contributed by atoms with van der Waals surface area (Å²) in [5, 5.41) is 3.66. The summed E-state index contributed by atoms with van der Waals surface area (Å²) in [6.07, 6.45) is 5.51. The van der Waals surface area contributed by atoms with Crippen molar-refractivity contribution in [3.63, 3.8) is 0 Å². The molecule has 1 N–H and O–H groups in total. The standard InChI is InChI=1S/C23H32N6O/c1-16(14-19-6-4-5-10-24-19)25-23-20-15-28(3)11-9-21(20)26-22(27-23)18-7-12-29(13-8-18)17(2)30/h4-6,10,16,18H,7-9,11-15H2,1-3H3,(H,25,26,27)/t16-/m1/s1. The number of aromatic nitrogens is 3. The number of amides is 1. The van der Waals surface area contributed by atoms with Gasteiger partial charge in [0.05, 0.1) is 5.69 Å². The average molecular weight is 409 g/mol. The molecule has 1 fully saturated rings. The van der Waals surface area contributed by atoms with Crippen molar-refractivity contribution in [1.29, 1.82) is 0 Å². The van der Waals surface area contributed by atoms with Crippen LogP contribution in [0.25, 0.3) is 0 Å². The van der Waals surface area contributed by atoms with Crippen molar-refractivity contribution < 1.29 is 4.79 Å². The molecule has 7 nitrogen and oxygen atoms in total. The van der Waals surface area contributed by atoms with Crippen LogP contribution in [0.4, 0.5) is 5.82 Å². The Morgan fingerprint density at radius 1 is 1.23 bits per heavy atom. The molecule has 0 radical (unpaired) electrons. The van der Waals surface area contributed by atoms with Crippen LogP contribution in [-0.4, -0.2) is 63.4 Å². The van der Waals surface area contributed by atoms with Gasteiger partial charge in [-0.05, 0) is 38.9 Å². The van der Waals surface area contributed by atoms with Gasteiger partial charge in [-0.15, -0.1) is 0 Å². The summed E-state index contributed by atoms with van der Waals surface area (Å²) in [5.74, 6) is 2.39. The fourth-order valence-corrected chi connectivity index (χ4v) is 4.44. The third-order valence-corrected chi connectivity index (χ3v) is 6.20. The smallest absolute Gasteiger partial charge is 0.219 e. The van der Waals surface area contributed by atoms with Crippen molar-refractivity contribution in [1.82, 2.24) is 24.8 Å². The number of piperidine rings is 1. The quantitative estimate of drug-likeness (QED) is 0.820. The summed E-state index contributed by atoms with van der Waals surface area (Å²) in [5.41, 5.74) is 3.48. The monoisotopic (exact) mass is 408 g/mol. The number of anilines is 1. The Morgan fingerprint density at radius 3 is 2.73 bits per heavy atom. The van der Waals surface area contributed by atoms with Crippen molar-refractivity contribution in [2.45, 2.75) is 58.0 Å². The zero-order valence-corrected chi connectivity index (χ0v) is 18.3. The van der Waals surface area contributed by atoms with Crippen LogP contribution >= 0.6 is 0 Å². The van der Waals surface area contributed by atoms with E-state index in [-0.39, 0.29) is 11.9 Å². The second-order valence-corrected chi connectivity index (χ2v) is 8.69. The SMILES string of the molecule is CC(=O)N1CCC(c2nc3c(c(N[C@H](C)Cc4ccccn4)n2)CN(C)CC3)CC1. The Balaban J connectivity index is 1.55. The van der Waals surface area contributed by atoms with Gasteiger partial charge in [0.15, 0.2) is 0 Å². The molecule has 0 unspecified atom stereocenters. The topological polar surface area (TPSA) is 74.2 Å². The second-order valence-electron chi connectivity index (χ2n) is 8.69. The van der Waals surface area contributed by atoms with E-state index >= 15 is 0 Å². The third-order valence-electron chi connectivity index (χ3n) is 6.20. The summed E-state index contributed by atoms with van der Waals surface area (Å²) < 4.78 is 0. The lowest BCUT2D eigenvalue weighted by molar-refractivity contribution is -0.129. The molecule has 2 aliphatic rings. The molecule has 4 rings (SSSR count). The molecule has 2 aromatic heterocycles. The number of hydrogen-bond donors (Lipinski definition) is 1. The second kappa shape index (κ2) is 9.08. The molecule has 7 heteroatoms. The van der Waals surface area contributed by atoms with Crippen LogP contribution in [-0.2, 0) is 24.2 Å². The van der Waals surface area contributed by atoms with Crippen molar-refractivity contribution >= 4 is 11.7 Å². The van der Waals surface area contributed by atoms with Crippen LogP contribution in [0.1, 0.15) is 55.4 Å².